The second-order valence-electron chi connectivity index (χ2n) is 42.4. The molecule has 8 N–H and O–H groups in total. The second-order valence-corrected chi connectivity index (χ2v) is 42.4. The average Bonchev–Trinajstić information content (AvgIpc) is 1.68. The predicted octanol–water partition coefficient (Wildman–Crippen LogP) is 18.4. The lowest BCUT2D eigenvalue weighted by Gasteiger charge is -2.25. The largest absolute Gasteiger partial charge is 0.361 e. The van der Waals surface area contributed by atoms with Gasteiger partial charge < -0.3 is 65.3 Å². The normalized spacial score (nSPS) is 15.9. The number of halogens is 4. The Morgan fingerprint density at radius 3 is 0.924 bits per heavy atom. The predicted molar refractivity (Wildman–Crippen MR) is 543 cm³/mol. The maximum Gasteiger partial charge on any atom is 0.274 e. The number of aromatic nitrogens is 9. The number of nitrogens with zero attached hydrogens (tertiary/aromatic N) is 9. The third-order valence-electron chi connectivity index (χ3n) is 26.6. The number of nitrogens with one attached hydrogen (secondary N) is 8. The summed E-state index contributed by atoms with van der Waals surface area (Å²) < 4.78 is 62.5. The summed E-state index contributed by atoms with van der Waals surface area (Å²) in [6, 6.07) is 17.9. The van der Waals surface area contributed by atoms with E-state index in [1.54, 1.807) is 69.4 Å². The Morgan fingerprint density at radius 2 is 0.667 bits per heavy atom. The van der Waals surface area contributed by atoms with Gasteiger partial charge in [-0.25, -0.2) is 37.5 Å². The number of amides is 8. The summed E-state index contributed by atoms with van der Waals surface area (Å²) in [7, 11) is 0. The van der Waals surface area contributed by atoms with Gasteiger partial charge in [-0.3, -0.25) is 57.5 Å². The van der Waals surface area contributed by atoms with Gasteiger partial charge in [0.2, 0.25) is 41.4 Å². The highest BCUT2D eigenvalue weighted by Crippen LogP contribution is 2.34. The molecule has 144 heavy (non-hydrogen) atoms. The quantitative estimate of drug-likeness (QED) is 0.0165. The number of benzene rings is 4. The van der Waals surface area contributed by atoms with Gasteiger partial charge in [0.25, 0.3) is 5.91 Å². The summed E-state index contributed by atoms with van der Waals surface area (Å²) in [5.41, 5.74) is 7.08. The lowest BCUT2D eigenvalue weighted by atomic mass is 9.90. The summed E-state index contributed by atoms with van der Waals surface area (Å²) in [5, 5.41) is 14.8. The van der Waals surface area contributed by atoms with Gasteiger partial charge in [0.1, 0.15) is 52.3 Å². The molecular formula is C110H147F4N17O13. The van der Waals surface area contributed by atoms with E-state index in [0.29, 0.717) is 164 Å². The molecule has 778 valence electrons. The van der Waals surface area contributed by atoms with Crippen molar-refractivity contribution in [3.63, 3.8) is 0 Å². The van der Waals surface area contributed by atoms with E-state index in [-0.39, 0.29) is 185 Å². The highest BCUT2D eigenvalue weighted by Gasteiger charge is 2.37. The first-order valence-electron chi connectivity index (χ1n) is 50.7. The fraction of sp³-hybridized carbons (Fsp3) is 0.536. The van der Waals surface area contributed by atoms with Gasteiger partial charge in [-0.05, 0) is 200 Å². The van der Waals surface area contributed by atoms with Crippen molar-refractivity contribution < 1.29 is 79.6 Å². The molecule has 13 rings (SSSR count). The Labute approximate surface area is 842 Å². The fourth-order valence-electron chi connectivity index (χ4n) is 17.7. The van der Waals surface area contributed by atoms with E-state index in [0.717, 1.165) is 73.6 Å². The number of carbonyl (C=O) groups is 12. The molecule has 0 unspecified atom stereocenters. The monoisotopic (exact) mass is 1990 g/mol. The number of hydrogen-bond donors (Lipinski definition) is 8. The van der Waals surface area contributed by atoms with Gasteiger partial charge >= 0.3 is 0 Å². The zero-order valence-corrected chi connectivity index (χ0v) is 86.9. The summed E-state index contributed by atoms with van der Waals surface area (Å²) in [6.07, 6.45) is 16.9. The first-order valence-corrected chi connectivity index (χ1v) is 50.7. The minimum Gasteiger partial charge on any atom is -0.361 e. The number of aryl methyl sites for hydroxylation is 5. The van der Waals surface area contributed by atoms with Gasteiger partial charge in [0.15, 0.2) is 28.8 Å². The highest BCUT2D eigenvalue weighted by atomic mass is 19.1. The third kappa shape index (κ3) is 34.4. The van der Waals surface area contributed by atoms with E-state index in [4.69, 9.17) is 4.52 Å². The van der Waals surface area contributed by atoms with E-state index < -0.39 is 30.1 Å². The van der Waals surface area contributed by atoms with Crippen molar-refractivity contribution in [2.24, 2.45) is 16.7 Å². The van der Waals surface area contributed by atoms with Crippen LogP contribution in [0, 0.1) is 74.6 Å². The van der Waals surface area contributed by atoms with Crippen molar-refractivity contribution in [3.8, 4) is 45.0 Å². The standard InChI is InChI=1S/C29H41FN4O3.C28H39FN4O3.C27H37FN4O3.C26H30FN5O4/c1-18-9-10-21(22(30)14-18)24-17-31-28(33-24)19(2)15-25(35)23(32-26(36)11-12-29(4,5)6)16-27(37)34-13-7-8-20(34)3;1-18-8-9-20(21(29)14-18)23-17-30-27(32-23)19(2)15-24(34)22(16-26(36)33-12-6-7-13-33)31-25(35)10-11-28(3,4)5;1-17(2)7-10-25(34)30-22(15-26(35)32-11-5-6-12-32)24(33)14-19(4)27-29-16-23(31-27)20-9-8-18(3)13-21(20)28;1-15-6-7-18(19(27)10-15)22-14-28-25(29-22)16(2)11-23(33)20(13-24(34)32-8-4-5-9-32)30-26(35)21-12-17(3)36-31-21/h9-10,14,17,19-20,23H,7-8,11-13,15-16H2,1-6H3,(H,31,33)(H,32,36);8-9,14,17,19,22H,6-7,10-13,15-16H2,1-5H3,(H,30,32)(H,31,35);8-9,13,16-17,19,22H,5-7,10-12,14-15H2,1-4H3,(H,29,31)(H,30,34);6-7,10,12,14,16,20H,4-5,8-9,11,13H2,1-3H3,(H,28,29)(H,30,35)/t19-,20+,23+;2*19-,22+;16-,20+/m1111/s1. The van der Waals surface area contributed by atoms with Crippen LogP contribution in [0.2, 0.25) is 0 Å². The molecule has 4 aliphatic rings. The molecule has 0 saturated carbocycles. The third-order valence-corrected chi connectivity index (χ3v) is 26.6. The molecular weight excluding hydrogens is 1840 g/mol. The fourth-order valence-corrected chi connectivity index (χ4v) is 17.7. The van der Waals surface area contributed by atoms with Gasteiger partial charge in [-0.2, -0.15) is 0 Å². The molecule has 5 aromatic heterocycles. The van der Waals surface area contributed by atoms with Crippen LogP contribution in [0.3, 0.4) is 0 Å². The molecule has 0 spiro atoms. The van der Waals surface area contributed by atoms with Gasteiger partial charge in [-0.1, -0.05) is 113 Å². The van der Waals surface area contributed by atoms with Crippen molar-refractivity contribution in [1.29, 1.82) is 0 Å². The minimum absolute atomic E-state index is 0.00928. The molecule has 4 aromatic carbocycles. The number of rotatable bonds is 40. The van der Waals surface area contributed by atoms with Crippen LogP contribution in [0.5, 0.6) is 0 Å². The molecule has 8 amide bonds. The zero-order valence-electron chi connectivity index (χ0n) is 86.9. The van der Waals surface area contributed by atoms with Crippen molar-refractivity contribution in [2.75, 3.05) is 45.8 Å². The number of H-pyrrole nitrogens is 4. The molecule has 9 heterocycles. The number of carbonyl (C=O) groups excluding carboxylic acids is 12. The smallest absolute Gasteiger partial charge is 0.274 e. The van der Waals surface area contributed by atoms with Crippen LogP contribution >= 0.6 is 0 Å². The number of likely N-dealkylation sites (tertiary alicyclic amines) is 4. The van der Waals surface area contributed by atoms with E-state index >= 15 is 0 Å². The van der Waals surface area contributed by atoms with E-state index in [1.807, 2.05) is 100 Å². The van der Waals surface area contributed by atoms with Crippen molar-refractivity contribution in [3.05, 3.63) is 184 Å². The van der Waals surface area contributed by atoms with Crippen LogP contribution in [0.15, 0.2) is 108 Å². The number of hydrogen-bond acceptors (Lipinski definition) is 18. The highest BCUT2D eigenvalue weighted by molar-refractivity contribution is 5.99. The van der Waals surface area contributed by atoms with Crippen molar-refractivity contribution in [2.45, 2.75) is 320 Å². The lowest BCUT2D eigenvalue weighted by Crippen LogP contribution is -2.46. The molecule has 9 atom stereocenters. The van der Waals surface area contributed by atoms with Gasteiger partial charge in [0.05, 0.1) is 97.4 Å². The van der Waals surface area contributed by atoms with Crippen molar-refractivity contribution >= 4 is 70.4 Å². The first-order chi connectivity index (χ1) is 68.1. The summed E-state index contributed by atoms with van der Waals surface area (Å²) in [6.45, 7) is 39.5. The van der Waals surface area contributed by atoms with Crippen LogP contribution in [-0.2, 0) is 52.7 Å². The topological polar surface area (TPSA) is 407 Å². The van der Waals surface area contributed by atoms with Crippen molar-refractivity contribution in [1.82, 2.24) is 85.9 Å². The Hall–Kier alpha value is -12.9. The molecule has 0 radical (unpaired) electrons. The Morgan fingerprint density at radius 1 is 0.382 bits per heavy atom. The number of aromatic amines is 4. The molecule has 9 aromatic rings. The Bertz CT molecular complexity index is 5920. The molecule has 4 saturated heterocycles. The molecule has 0 aliphatic carbocycles. The summed E-state index contributed by atoms with van der Waals surface area (Å²) in [4.78, 5) is 192. The second kappa shape index (κ2) is 52.6. The van der Waals surface area contributed by atoms with E-state index in [9.17, 15) is 75.1 Å². The summed E-state index contributed by atoms with van der Waals surface area (Å²) >= 11 is 0. The molecule has 0 bridgehead atoms. The maximum absolute atomic E-state index is 14.4. The average molecular weight is 1990 g/mol. The van der Waals surface area contributed by atoms with Gasteiger partial charge in [-0.15, -0.1) is 0 Å². The van der Waals surface area contributed by atoms with Crippen LogP contribution in [0.4, 0.5) is 17.6 Å². The zero-order chi connectivity index (χ0) is 105. The summed E-state index contributed by atoms with van der Waals surface area (Å²) in [5.74, 6) is -2.27. The van der Waals surface area contributed by atoms with E-state index in [2.05, 4.69) is 108 Å². The molecule has 34 heteroatoms. The number of Topliss-reactive ketones (excluding diaryl/α,β-unsaturated/α-hetero) is 4. The SMILES string of the molecule is Cc1ccc(-c2cnc([C@H](C)CC(=O)[C@H](CC(=O)N3CCCC3)NC(=O)CCC(C)(C)C)[nH]2)c(F)c1.Cc1ccc(-c2cnc([C@H](C)CC(=O)[C@H](CC(=O)N3CCCC3)NC(=O)CCC(C)C)[nH]2)c(F)c1.Cc1ccc(-c2cnc([C@H](C)CC(=O)[C@H](CC(=O)N3CCCC3)NC(=O)c3cc(C)on3)[nH]2)c(F)c1.Cc1ccc(-c2cnc([C@H](C)CC(=O)[C@H](CC(=O)N3CCC[C@@H]3C)NC(=O)CCC(C)(C)C)[nH]2)c(F)c1. The molecule has 4 aliphatic heterocycles. The Kier molecular flexibility index (Phi) is 41.3. The first kappa shape index (κ1) is 113. The molecule has 4 fully saturated rings. The van der Waals surface area contributed by atoms with E-state index in [1.165, 1.54) is 36.5 Å². The molecule has 30 nitrogen and oxygen atoms in total. The van der Waals surface area contributed by atoms with Crippen LogP contribution < -0.4 is 21.3 Å². The number of ketones is 4. The van der Waals surface area contributed by atoms with Crippen LogP contribution in [-0.4, -0.2) is 211 Å². The minimum atomic E-state index is -1.02. The number of imidazole rings is 4. The Balaban J connectivity index is 0.000000197. The lowest BCUT2D eigenvalue weighted by molar-refractivity contribution is -0.136. The van der Waals surface area contributed by atoms with Gasteiger partial charge in [0, 0.05) is 149 Å². The maximum atomic E-state index is 14.4. The van der Waals surface area contributed by atoms with Crippen LogP contribution in [0.1, 0.15) is 317 Å². The van der Waals surface area contributed by atoms with Crippen LogP contribution in [0.25, 0.3) is 45.0 Å².